The molecule has 0 aromatic heterocycles. The molecule has 1 N–H and O–H groups in total. The summed E-state index contributed by atoms with van der Waals surface area (Å²) >= 11 is 0. The SMILES string of the molecule is CC/C=C/C(=O)Nc1ccc(N2CCN(C)CC2)cc1C(F)(F)F. The Kier molecular flexibility index (Phi) is 5.88. The van der Waals surface area contributed by atoms with E-state index in [-0.39, 0.29) is 5.69 Å². The van der Waals surface area contributed by atoms with E-state index < -0.39 is 17.6 Å². The predicted molar refractivity (Wildman–Crippen MR) is 89.2 cm³/mol. The number of rotatable bonds is 4. The molecule has 0 spiro atoms. The number of nitrogens with one attached hydrogen (secondary N) is 1. The first-order chi connectivity index (χ1) is 11.3. The zero-order valence-corrected chi connectivity index (χ0v) is 13.9. The summed E-state index contributed by atoms with van der Waals surface area (Å²) in [6.45, 7) is 4.82. The number of allylic oxidation sites excluding steroid dienone is 1. The van der Waals surface area contributed by atoms with Crippen LogP contribution in [0.3, 0.4) is 0 Å². The van der Waals surface area contributed by atoms with Gasteiger partial charge in [0.05, 0.1) is 11.3 Å². The molecule has 1 aliphatic heterocycles. The van der Waals surface area contributed by atoms with Crippen LogP contribution in [0.1, 0.15) is 18.9 Å². The van der Waals surface area contributed by atoms with Crippen LogP contribution in [0.5, 0.6) is 0 Å². The molecule has 0 bridgehead atoms. The number of carbonyl (C=O) groups excluding carboxylic acids is 1. The molecule has 1 heterocycles. The highest BCUT2D eigenvalue weighted by Gasteiger charge is 2.34. The fourth-order valence-corrected chi connectivity index (χ4v) is 2.54. The minimum atomic E-state index is -4.53. The molecule has 0 atom stereocenters. The molecule has 1 aromatic carbocycles. The molecule has 1 amide bonds. The van der Waals surface area contributed by atoms with Crippen molar-refractivity contribution in [2.75, 3.05) is 43.4 Å². The van der Waals surface area contributed by atoms with Gasteiger partial charge in [0.15, 0.2) is 0 Å². The van der Waals surface area contributed by atoms with Gasteiger partial charge in [0.1, 0.15) is 0 Å². The summed E-state index contributed by atoms with van der Waals surface area (Å²) in [6.07, 6.45) is -1.04. The molecule has 1 fully saturated rings. The summed E-state index contributed by atoms with van der Waals surface area (Å²) in [5.74, 6) is -0.560. The third-order valence-electron chi connectivity index (χ3n) is 3.94. The van der Waals surface area contributed by atoms with Gasteiger partial charge >= 0.3 is 6.18 Å². The van der Waals surface area contributed by atoms with E-state index in [1.165, 1.54) is 12.1 Å². The number of anilines is 2. The Hall–Kier alpha value is -2.02. The van der Waals surface area contributed by atoms with Crippen molar-refractivity contribution >= 4 is 17.3 Å². The summed E-state index contributed by atoms with van der Waals surface area (Å²) < 4.78 is 40.1. The molecular formula is C17H22F3N3O. The Morgan fingerprint density at radius 2 is 1.92 bits per heavy atom. The Labute approximate surface area is 139 Å². The molecule has 132 valence electrons. The van der Waals surface area contributed by atoms with Crippen molar-refractivity contribution in [3.05, 3.63) is 35.9 Å². The Bertz CT molecular complexity index is 606. The number of nitrogens with zero attached hydrogens (tertiary/aromatic N) is 2. The van der Waals surface area contributed by atoms with Gasteiger partial charge in [0.25, 0.3) is 0 Å². The van der Waals surface area contributed by atoms with Crippen LogP contribution in [0.15, 0.2) is 30.4 Å². The van der Waals surface area contributed by atoms with Crippen molar-refractivity contribution < 1.29 is 18.0 Å². The fraction of sp³-hybridized carbons (Fsp3) is 0.471. The van der Waals surface area contributed by atoms with E-state index in [4.69, 9.17) is 0 Å². The largest absolute Gasteiger partial charge is 0.418 e. The molecule has 0 radical (unpaired) electrons. The lowest BCUT2D eigenvalue weighted by atomic mass is 10.1. The zero-order chi connectivity index (χ0) is 17.7. The van der Waals surface area contributed by atoms with Crippen molar-refractivity contribution in [2.45, 2.75) is 19.5 Å². The number of halogens is 3. The molecule has 1 aromatic rings. The number of hydrogen-bond donors (Lipinski definition) is 1. The number of benzene rings is 1. The first-order valence-corrected chi connectivity index (χ1v) is 7.93. The standard InChI is InChI=1S/C17H22F3N3O/c1-3-4-5-16(24)21-15-7-6-13(12-14(15)17(18,19)20)23-10-8-22(2)9-11-23/h4-7,12H,3,8-11H2,1-2H3,(H,21,24)/b5-4+. The van der Waals surface area contributed by atoms with Gasteiger partial charge < -0.3 is 15.1 Å². The Morgan fingerprint density at radius 1 is 1.25 bits per heavy atom. The molecule has 1 aliphatic rings. The molecule has 4 nitrogen and oxygen atoms in total. The van der Waals surface area contributed by atoms with Crippen molar-refractivity contribution in [1.82, 2.24) is 4.90 Å². The third kappa shape index (κ3) is 4.74. The van der Waals surface area contributed by atoms with Gasteiger partial charge in [0.2, 0.25) is 5.91 Å². The van der Waals surface area contributed by atoms with E-state index in [0.717, 1.165) is 19.2 Å². The summed E-state index contributed by atoms with van der Waals surface area (Å²) in [4.78, 5) is 15.8. The number of hydrogen-bond acceptors (Lipinski definition) is 3. The van der Waals surface area contributed by atoms with E-state index >= 15 is 0 Å². The van der Waals surface area contributed by atoms with Crippen LogP contribution in [0, 0.1) is 0 Å². The van der Waals surface area contributed by atoms with Gasteiger partial charge in [-0.15, -0.1) is 0 Å². The number of amides is 1. The van der Waals surface area contributed by atoms with Crippen molar-refractivity contribution in [2.24, 2.45) is 0 Å². The number of likely N-dealkylation sites (N-methyl/N-ethyl adjacent to an activating group) is 1. The van der Waals surface area contributed by atoms with Gasteiger partial charge in [-0.2, -0.15) is 13.2 Å². The number of carbonyl (C=O) groups is 1. The van der Waals surface area contributed by atoms with Crippen molar-refractivity contribution in [3.63, 3.8) is 0 Å². The molecule has 1 saturated heterocycles. The lowest BCUT2D eigenvalue weighted by molar-refractivity contribution is -0.136. The van der Waals surface area contributed by atoms with E-state index in [2.05, 4.69) is 10.2 Å². The zero-order valence-electron chi connectivity index (χ0n) is 13.9. The van der Waals surface area contributed by atoms with Gasteiger partial charge in [-0.05, 0) is 37.7 Å². The second-order valence-corrected chi connectivity index (χ2v) is 5.82. The summed E-state index contributed by atoms with van der Waals surface area (Å²) in [7, 11) is 1.99. The van der Waals surface area contributed by atoms with Crippen LogP contribution in [0.25, 0.3) is 0 Å². The Balaban J connectivity index is 2.25. The fourth-order valence-electron chi connectivity index (χ4n) is 2.54. The van der Waals surface area contributed by atoms with Gasteiger partial charge in [0, 0.05) is 31.9 Å². The topological polar surface area (TPSA) is 35.6 Å². The highest BCUT2D eigenvalue weighted by molar-refractivity contribution is 6.00. The number of piperazine rings is 1. The van der Waals surface area contributed by atoms with E-state index in [9.17, 15) is 18.0 Å². The van der Waals surface area contributed by atoms with Crippen LogP contribution in [-0.2, 0) is 11.0 Å². The average molecular weight is 341 g/mol. The molecule has 7 heteroatoms. The molecule has 24 heavy (non-hydrogen) atoms. The quantitative estimate of drug-likeness (QED) is 0.853. The third-order valence-corrected chi connectivity index (χ3v) is 3.94. The molecule has 0 aliphatic carbocycles. The van der Waals surface area contributed by atoms with Crippen LogP contribution in [0.2, 0.25) is 0 Å². The average Bonchev–Trinajstić information content (AvgIpc) is 2.53. The number of alkyl halides is 3. The van der Waals surface area contributed by atoms with Gasteiger partial charge in [-0.1, -0.05) is 13.0 Å². The van der Waals surface area contributed by atoms with Gasteiger partial charge in [-0.3, -0.25) is 4.79 Å². The van der Waals surface area contributed by atoms with Crippen molar-refractivity contribution in [3.8, 4) is 0 Å². The maximum atomic E-state index is 13.4. The highest BCUT2D eigenvalue weighted by Crippen LogP contribution is 2.37. The maximum Gasteiger partial charge on any atom is 0.418 e. The molecule has 0 unspecified atom stereocenters. The van der Waals surface area contributed by atoms with Crippen LogP contribution >= 0.6 is 0 Å². The van der Waals surface area contributed by atoms with Crippen LogP contribution in [0.4, 0.5) is 24.5 Å². The second kappa shape index (κ2) is 7.70. The first-order valence-electron chi connectivity index (χ1n) is 7.93. The lowest BCUT2D eigenvalue weighted by Gasteiger charge is -2.34. The van der Waals surface area contributed by atoms with Crippen molar-refractivity contribution in [1.29, 1.82) is 0 Å². The maximum absolute atomic E-state index is 13.4. The monoisotopic (exact) mass is 341 g/mol. The summed E-state index contributed by atoms with van der Waals surface area (Å²) in [6, 6.07) is 4.07. The van der Waals surface area contributed by atoms with Gasteiger partial charge in [-0.25, -0.2) is 0 Å². The van der Waals surface area contributed by atoms with E-state index in [1.807, 2.05) is 18.9 Å². The van der Waals surface area contributed by atoms with E-state index in [1.54, 1.807) is 12.1 Å². The normalized spacial score (nSPS) is 16.6. The predicted octanol–water partition coefficient (Wildman–Crippen LogP) is 3.36. The van der Waals surface area contributed by atoms with Crippen LogP contribution in [-0.4, -0.2) is 44.0 Å². The summed E-state index contributed by atoms with van der Waals surface area (Å²) in [5.41, 5.74) is -0.513. The Morgan fingerprint density at radius 3 is 2.50 bits per heavy atom. The minimum absolute atomic E-state index is 0.217. The lowest BCUT2D eigenvalue weighted by Crippen LogP contribution is -2.44. The molecule has 2 rings (SSSR count). The first kappa shape index (κ1) is 18.3. The minimum Gasteiger partial charge on any atom is -0.369 e. The van der Waals surface area contributed by atoms with Crippen LogP contribution < -0.4 is 10.2 Å². The summed E-state index contributed by atoms with van der Waals surface area (Å²) in [5, 5.41) is 2.32. The smallest absolute Gasteiger partial charge is 0.369 e. The molecule has 0 saturated carbocycles. The highest BCUT2D eigenvalue weighted by atomic mass is 19.4. The molecular weight excluding hydrogens is 319 g/mol. The second-order valence-electron chi connectivity index (χ2n) is 5.82. The van der Waals surface area contributed by atoms with E-state index in [0.29, 0.717) is 25.2 Å².